The van der Waals surface area contributed by atoms with Gasteiger partial charge < -0.3 is 11.5 Å². The Bertz CT molecular complexity index is 328. The van der Waals surface area contributed by atoms with Crippen LogP contribution in [0.25, 0.3) is 0 Å². The van der Waals surface area contributed by atoms with Crippen molar-refractivity contribution in [3.05, 3.63) is 24.3 Å². The van der Waals surface area contributed by atoms with Gasteiger partial charge in [0.15, 0.2) is 0 Å². The molecule has 1 saturated carbocycles. The molecule has 0 radical (unpaired) electrons. The van der Waals surface area contributed by atoms with Gasteiger partial charge in [0, 0.05) is 11.0 Å². The number of nitrogens with two attached hydrogens (primary N) is 2. The predicted octanol–water partition coefficient (Wildman–Crippen LogP) is 3.14. The zero-order chi connectivity index (χ0) is 13.1. The summed E-state index contributed by atoms with van der Waals surface area (Å²) in [7, 11) is 0. The molecule has 102 valence electrons. The first-order valence-electron chi connectivity index (χ1n) is 7.54. The maximum atomic E-state index is 6.77. The van der Waals surface area contributed by atoms with E-state index in [1.807, 2.05) is 0 Å². The fourth-order valence-corrected chi connectivity index (χ4v) is 4.19. The lowest BCUT2D eigenvalue weighted by Gasteiger charge is -2.52. The molecule has 0 aromatic rings. The van der Waals surface area contributed by atoms with Gasteiger partial charge in [0.1, 0.15) is 0 Å². The summed E-state index contributed by atoms with van der Waals surface area (Å²) in [4.78, 5) is 0. The van der Waals surface area contributed by atoms with Gasteiger partial charge in [-0.05, 0) is 38.1 Å². The Morgan fingerprint density at radius 2 is 1.78 bits per heavy atom. The molecule has 4 N–H and O–H groups in total. The first kappa shape index (κ1) is 13.8. The molecule has 2 atom stereocenters. The molecular formula is C16H28N2. The molecule has 0 aromatic carbocycles. The SMILES string of the molecule is CCC1(C2CCCCC2)C=CC=C[C@@]1(N)CCN. The lowest BCUT2D eigenvalue weighted by Crippen LogP contribution is -2.58. The van der Waals surface area contributed by atoms with Gasteiger partial charge in [-0.1, -0.05) is 50.5 Å². The molecule has 0 aliphatic heterocycles. The summed E-state index contributed by atoms with van der Waals surface area (Å²) in [6.45, 7) is 2.96. The predicted molar refractivity (Wildman–Crippen MR) is 78.2 cm³/mol. The van der Waals surface area contributed by atoms with Crippen molar-refractivity contribution in [3.63, 3.8) is 0 Å². The van der Waals surface area contributed by atoms with Gasteiger partial charge in [-0.3, -0.25) is 0 Å². The van der Waals surface area contributed by atoms with Crippen LogP contribution in [0.5, 0.6) is 0 Å². The zero-order valence-corrected chi connectivity index (χ0v) is 11.7. The minimum atomic E-state index is -0.243. The van der Waals surface area contributed by atoms with Gasteiger partial charge in [0.2, 0.25) is 0 Å². The van der Waals surface area contributed by atoms with Crippen molar-refractivity contribution in [3.8, 4) is 0 Å². The van der Waals surface area contributed by atoms with E-state index in [1.54, 1.807) is 0 Å². The van der Waals surface area contributed by atoms with Crippen molar-refractivity contribution in [2.75, 3.05) is 6.54 Å². The lowest BCUT2D eigenvalue weighted by atomic mass is 9.55. The van der Waals surface area contributed by atoms with Crippen LogP contribution in [0.15, 0.2) is 24.3 Å². The molecular weight excluding hydrogens is 220 g/mol. The van der Waals surface area contributed by atoms with Crippen LogP contribution < -0.4 is 11.5 Å². The second-order valence-electron chi connectivity index (χ2n) is 6.03. The highest BCUT2D eigenvalue weighted by Crippen LogP contribution is 2.51. The third-order valence-corrected chi connectivity index (χ3v) is 5.24. The molecule has 2 aliphatic carbocycles. The summed E-state index contributed by atoms with van der Waals surface area (Å²) in [6.07, 6.45) is 17.7. The molecule has 1 unspecified atom stereocenters. The van der Waals surface area contributed by atoms with Crippen molar-refractivity contribution in [1.29, 1.82) is 0 Å². The van der Waals surface area contributed by atoms with E-state index in [9.17, 15) is 0 Å². The van der Waals surface area contributed by atoms with Gasteiger partial charge in [0.05, 0.1) is 0 Å². The van der Waals surface area contributed by atoms with E-state index in [1.165, 1.54) is 32.1 Å². The summed E-state index contributed by atoms with van der Waals surface area (Å²) >= 11 is 0. The Labute approximate surface area is 112 Å². The number of allylic oxidation sites excluding steroid dienone is 2. The summed E-state index contributed by atoms with van der Waals surface area (Å²) in [6, 6.07) is 0. The first-order chi connectivity index (χ1) is 8.68. The maximum Gasteiger partial charge on any atom is 0.0449 e. The largest absolute Gasteiger partial charge is 0.330 e. The average molecular weight is 248 g/mol. The highest BCUT2D eigenvalue weighted by Gasteiger charge is 2.49. The van der Waals surface area contributed by atoms with E-state index in [4.69, 9.17) is 11.5 Å². The van der Waals surface area contributed by atoms with E-state index < -0.39 is 0 Å². The van der Waals surface area contributed by atoms with Crippen LogP contribution in [0.2, 0.25) is 0 Å². The molecule has 0 heterocycles. The maximum absolute atomic E-state index is 6.77. The third-order valence-electron chi connectivity index (χ3n) is 5.24. The highest BCUT2D eigenvalue weighted by atomic mass is 14.8. The van der Waals surface area contributed by atoms with Gasteiger partial charge >= 0.3 is 0 Å². The standard InChI is InChI=1S/C16H28N2/c1-2-15(14-8-4-3-5-9-14)10-6-7-11-16(15,18)12-13-17/h6-7,10-11,14H,2-5,8-9,12-13,17-18H2,1H3/t15?,16-/m1/s1. The minimum absolute atomic E-state index is 0.127. The van der Waals surface area contributed by atoms with Crippen LogP contribution in [-0.4, -0.2) is 12.1 Å². The van der Waals surface area contributed by atoms with Crippen LogP contribution in [0.3, 0.4) is 0 Å². The zero-order valence-electron chi connectivity index (χ0n) is 11.7. The number of hydrogen-bond donors (Lipinski definition) is 2. The van der Waals surface area contributed by atoms with Gasteiger partial charge in [-0.15, -0.1) is 0 Å². The minimum Gasteiger partial charge on any atom is -0.330 e. The van der Waals surface area contributed by atoms with Crippen molar-refractivity contribution in [1.82, 2.24) is 0 Å². The Balaban J connectivity index is 2.32. The van der Waals surface area contributed by atoms with Crippen LogP contribution >= 0.6 is 0 Å². The number of hydrogen-bond acceptors (Lipinski definition) is 2. The third kappa shape index (κ3) is 2.17. The van der Waals surface area contributed by atoms with E-state index in [2.05, 4.69) is 31.2 Å². The second kappa shape index (κ2) is 5.58. The lowest BCUT2D eigenvalue weighted by molar-refractivity contribution is 0.0851. The van der Waals surface area contributed by atoms with Crippen LogP contribution in [0.1, 0.15) is 51.9 Å². The van der Waals surface area contributed by atoms with Gasteiger partial charge in [-0.2, -0.15) is 0 Å². The second-order valence-corrected chi connectivity index (χ2v) is 6.03. The normalized spacial score (nSPS) is 37.1. The molecule has 0 spiro atoms. The molecule has 18 heavy (non-hydrogen) atoms. The topological polar surface area (TPSA) is 52.0 Å². The highest BCUT2D eigenvalue weighted by molar-refractivity contribution is 5.30. The molecule has 0 aromatic heterocycles. The van der Waals surface area contributed by atoms with Crippen LogP contribution in [0, 0.1) is 11.3 Å². The molecule has 2 heteroatoms. The summed E-state index contributed by atoms with van der Waals surface area (Å²) < 4.78 is 0. The van der Waals surface area contributed by atoms with Crippen molar-refractivity contribution in [2.45, 2.75) is 57.4 Å². The molecule has 2 rings (SSSR count). The van der Waals surface area contributed by atoms with Crippen LogP contribution in [0.4, 0.5) is 0 Å². The van der Waals surface area contributed by atoms with Crippen LogP contribution in [-0.2, 0) is 0 Å². The fraction of sp³-hybridized carbons (Fsp3) is 0.750. The van der Waals surface area contributed by atoms with Crippen molar-refractivity contribution < 1.29 is 0 Å². The summed E-state index contributed by atoms with van der Waals surface area (Å²) in [5, 5.41) is 0. The Morgan fingerprint density at radius 3 is 2.39 bits per heavy atom. The van der Waals surface area contributed by atoms with Gasteiger partial charge in [-0.25, -0.2) is 0 Å². The first-order valence-corrected chi connectivity index (χ1v) is 7.54. The smallest absolute Gasteiger partial charge is 0.0449 e. The molecule has 2 nitrogen and oxygen atoms in total. The Hall–Kier alpha value is -0.600. The number of rotatable bonds is 4. The molecule has 0 saturated heterocycles. The fourth-order valence-electron chi connectivity index (χ4n) is 4.19. The molecule has 0 amide bonds. The Kier molecular flexibility index (Phi) is 4.29. The van der Waals surface area contributed by atoms with E-state index in [0.29, 0.717) is 6.54 Å². The summed E-state index contributed by atoms with van der Waals surface area (Å²) in [5.41, 5.74) is 12.5. The average Bonchev–Trinajstić information content (AvgIpc) is 2.41. The van der Waals surface area contributed by atoms with Crippen molar-refractivity contribution in [2.24, 2.45) is 22.8 Å². The molecule has 2 aliphatic rings. The Morgan fingerprint density at radius 1 is 1.11 bits per heavy atom. The molecule has 0 bridgehead atoms. The van der Waals surface area contributed by atoms with Crippen molar-refractivity contribution >= 4 is 0 Å². The van der Waals surface area contributed by atoms with E-state index in [0.717, 1.165) is 18.8 Å². The quantitative estimate of drug-likeness (QED) is 0.803. The van der Waals surface area contributed by atoms with Gasteiger partial charge in [0.25, 0.3) is 0 Å². The molecule has 1 fully saturated rings. The van der Waals surface area contributed by atoms with E-state index >= 15 is 0 Å². The monoisotopic (exact) mass is 248 g/mol. The summed E-state index contributed by atoms with van der Waals surface area (Å²) in [5.74, 6) is 0.731. The van der Waals surface area contributed by atoms with E-state index in [-0.39, 0.29) is 11.0 Å².